The van der Waals surface area contributed by atoms with Gasteiger partial charge >= 0.3 is 0 Å². The van der Waals surface area contributed by atoms with Crippen molar-refractivity contribution in [2.24, 2.45) is 0 Å². The van der Waals surface area contributed by atoms with Gasteiger partial charge < -0.3 is 10.1 Å². The summed E-state index contributed by atoms with van der Waals surface area (Å²) in [6, 6.07) is 5.80. The van der Waals surface area contributed by atoms with Crippen LogP contribution in [-0.2, 0) is 16.0 Å². The molecule has 1 aliphatic heterocycles. The Morgan fingerprint density at radius 1 is 1.56 bits per heavy atom. The van der Waals surface area contributed by atoms with Crippen molar-refractivity contribution in [2.45, 2.75) is 18.9 Å². The molecular weight excluding hydrogens is 204 g/mol. The second kappa shape index (κ2) is 5.72. The van der Waals surface area contributed by atoms with Gasteiger partial charge in [-0.2, -0.15) is 0 Å². The second-order valence-electron chi connectivity index (χ2n) is 3.97. The van der Waals surface area contributed by atoms with Crippen LogP contribution in [0.4, 0.5) is 0 Å². The van der Waals surface area contributed by atoms with Crippen LogP contribution in [0.3, 0.4) is 0 Å². The van der Waals surface area contributed by atoms with E-state index in [4.69, 9.17) is 4.74 Å². The maximum absolute atomic E-state index is 11.7. The van der Waals surface area contributed by atoms with Crippen LogP contribution in [0.15, 0.2) is 24.4 Å². The molecule has 1 N–H and O–H groups in total. The number of Topliss-reactive ketones (excluding diaryl/α,β-unsaturated/α-hetero) is 1. The van der Waals surface area contributed by atoms with E-state index in [9.17, 15) is 4.79 Å². The molecule has 0 bridgehead atoms. The topological polar surface area (TPSA) is 51.2 Å². The minimum absolute atomic E-state index is 0.171. The molecule has 1 fully saturated rings. The average Bonchev–Trinajstić information content (AvgIpc) is 2.31. The first-order valence-electron chi connectivity index (χ1n) is 5.57. The lowest BCUT2D eigenvalue weighted by molar-refractivity contribution is -0.119. The van der Waals surface area contributed by atoms with Gasteiger partial charge in [-0.15, -0.1) is 0 Å². The van der Waals surface area contributed by atoms with Gasteiger partial charge in [-0.1, -0.05) is 6.07 Å². The number of aromatic nitrogens is 1. The summed E-state index contributed by atoms with van der Waals surface area (Å²) in [5, 5.41) is 3.27. The molecule has 16 heavy (non-hydrogen) atoms. The number of carbonyl (C=O) groups is 1. The second-order valence-corrected chi connectivity index (χ2v) is 3.97. The van der Waals surface area contributed by atoms with Gasteiger partial charge in [0.25, 0.3) is 0 Å². The Balaban J connectivity index is 1.80. The van der Waals surface area contributed by atoms with Crippen LogP contribution in [0.1, 0.15) is 12.1 Å². The number of morpholine rings is 1. The number of rotatable bonds is 4. The zero-order chi connectivity index (χ0) is 11.2. The van der Waals surface area contributed by atoms with E-state index in [1.807, 2.05) is 18.2 Å². The fourth-order valence-electron chi connectivity index (χ4n) is 1.80. The number of carbonyl (C=O) groups excluding carboxylic acids is 1. The summed E-state index contributed by atoms with van der Waals surface area (Å²) in [6.45, 7) is 2.21. The lowest BCUT2D eigenvalue weighted by Crippen LogP contribution is -2.42. The van der Waals surface area contributed by atoms with Crippen molar-refractivity contribution >= 4 is 5.78 Å². The van der Waals surface area contributed by atoms with Crippen LogP contribution in [0.25, 0.3) is 0 Å². The van der Waals surface area contributed by atoms with E-state index in [1.54, 1.807) is 6.20 Å². The van der Waals surface area contributed by atoms with Crippen molar-refractivity contribution < 1.29 is 9.53 Å². The Morgan fingerprint density at radius 3 is 3.19 bits per heavy atom. The van der Waals surface area contributed by atoms with Crippen molar-refractivity contribution in [3.63, 3.8) is 0 Å². The van der Waals surface area contributed by atoms with Gasteiger partial charge in [-0.25, -0.2) is 0 Å². The Hall–Kier alpha value is -1.26. The van der Waals surface area contributed by atoms with E-state index in [2.05, 4.69) is 10.3 Å². The average molecular weight is 220 g/mol. The number of nitrogens with one attached hydrogen (secondary N) is 1. The van der Waals surface area contributed by atoms with Gasteiger partial charge in [-0.05, 0) is 12.1 Å². The SMILES string of the molecule is O=C(Cc1ccccn1)CC1COCCN1. The third kappa shape index (κ3) is 3.40. The molecule has 0 aliphatic carbocycles. The molecule has 1 aromatic heterocycles. The van der Waals surface area contributed by atoms with Crippen molar-refractivity contribution in [2.75, 3.05) is 19.8 Å². The normalized spacial score (nSPS) is 20.6. The first kappa shape index (κ1) is 11.2. The van der Waals surface area contributed by atoms with Gasteiger partial charge in [0.1, 0.15) is 5.78 Å². The summed E-state index contributed by atoms with van der Waals surface area (Å²) < 4.78 is 5.30. The number of ketones is 1. The molecule has 0 amide bonds. The van der Waals surface area contributed by atoms with Gasteiger partial charge in [0.05, 0.1) is 13.2 Å². The Kier molecular flexibility index (Phi) is 4.02. The Bertz CT molecular complexity index is 334. The van der Waals surface area contributed by atoms with Crippen molar-refractivity contribution in [1.29, 1.82) is 0 Å². The predicted octanol–water partition coefficient (Wildman–Crippen LogP) is 0.572. The molecule has 0 saturated carbocycles. The molecule has 2 heterocycles. The van der Waals surface area contributed by atoms with Crippen molar-refractivity contribution in [3.8, 4) is 0 Å². The van der Waals surface area contributed by atoms with E-state index >= 15 is 0 Å². The van der Waals surface area contributed by atoms with Gasteiger partial charge in [0.15, 0.2) is 0 Å². The van der Waals surface area contributed by atoms with Crippen LogP contribution < -0.4 is 5.32 Å². The van der Waals surface area contributed by atoms with Gasteiger partial charge in [0.2, 0.25) is 0 Å². The van der Waals surface area contributed by atoms with Crippen LogP contribution >= 0.6 is 0 Å². The smallest absolute Gasteiger partial charge is 0.140 e. The first-order valence-corrected chi connectivity index (χ1v) is 5.57. The minimum atomic E-state index is 0.171. The molecule has 4 heteroatoms. The van der Waals surface area contributed by atoms with Crippen molar-refractivity contribution in [1.82, 2.24) is 10.3 Å². The van der Waals surface area contributed by atoms with Crippen LogP contribution in [0.2, 0.25) is 0 Å². The quantitative estimate of drug-likeness (QED) is 0.806. The predicted molar refractivity (Wildman–Crippen MR) is 60.2 cm³/mol. The molecule has 86 valence electrons. The Morgan fingerprint density at radius 2 is 2.50 bits per heavy atom. The number of hydrogen-bond acceptors (Lipinski definition) is 4. The fourth-order valence-corrected chi connectivity index (χ4v) is 1.80. The van der Waals surface area contributed by atoms with E-state index in [-0.39, 0.29) is 11.8 Å². The van der Waals surface area contributed by atoms with E-state index in [1.165, 1.54) is 0 Å². The first-order chi connectivity index (χ1) is 7.84. The van der Waals surface area contributed by atoms with Gasteiger partial charge in [-0.3, -0.25) is 9.78 Å². The molecule has 0 radical (unpaired) electrons. The number of pyridine rings is 1. The standard InChI is InChI=1S/C12H16N2O2/c15-12(7-10-3-1-2-4-13-10)8-11-9-16-6-5-14-11/h1-4,11,14H,5-9H2. The van der Waals surface area contributed by atoms with E-state index < -0.39 is 0 Å². The highest BCUT2D eigenvalue weighted by atomic mass is 16.5. The summed E-state index contributed by atoms with van der Waals surface area (Å²) in [5.41, 5.74) is 0.837. The molecular formula is C12H16N2O2. The summed E-state index contributed by atoms with van der Waals surface area (Å²) in [4.78, 5) is 15.9. The van der Waals surface area contributed by atoms with Crippen LogP contribution in [0.5, 0.6) is 0 Å². The molecule has 2 rings (SSSR count). The number of nitrogens with zero attached hydrogens (tertiary/aromatic N) is 1. The summed E-state index contributed by atoms with van der Waals surface area (Å²) >= 11 is 0. The molecule has 0 aromatic carbocycles. The summed E-state index contributed by atoms with van der Waals surface area (Å²) in [5.74, 6) is 0.210. The monoisotopic (exact) mass is 220 g/mol. The molecule has 4 nitrogen and oxygen atoms in total. The highest BCUT2D eigenvalue weighted by Gasteiger charge is 2.16. The van der Waals surface area contributed by atoms with Crippen molar-refractivity contribution in [3.05, 3.63) is 30.1 Å². The summed E-state index contributed by atoms with van der Waals surface area (Å²) in [7, 11) is 0. The number of hydrogen-bond donors (Lipinski definition) is 1. The van der Waals surface area contributed by atoms with Crippen LogP contribution in [0, 0.1) is 0 Å². The minimum Gasteiger partial charge on any atom is -0.379 e. The molecule has 1 saturated heterocycles. The molecule has 1 unspecified atom stereocenters. The number of ether oxygens (including phenoxy) is 1. The highest BCUT2D eigenvalue weighted by molar-refractivity contribution is 5.81. The molecule has 1 aliphatic rings. The maximum atomic E-state index is 11.7. The largest absolute Gasteiger partial charge is 0.379 e. The zero-order valence-corrected chi connectivity index (χ0v) is 9.19. The fraction of sp³-hybridized carbons (Fsp3) is 0.500. The highest BCUT2D eigenvalue weighted by Crippen LogP contribution is 2.03. The molecule has 0 spiro atoms. The van der Waals surface area contributed by atoms with E-state index in [0.717, 1.165) is 18.8 Å². The summed E-state index contributed by atoms with van der Waals surface area (Å²) in [6.07, 6.45) is 2.65. The third-order valence-electron chi connectivity index (χ3n) is 2.58. The zero-order valence-electron chi connectivity index (χ0n) is 9.19. The van der Waals surface area contributed by atoms with Crippen LogP contribution in [-0.4, -0.2) is 36.6 Å². The maximum Gasteiger partial charge on any atom is 0.140 e. The van der Waals surface area contributed by atoms with E-state index in [0.29, 0.717) is 19.4 Å². The lowest BCUT2D eigenvalue weighted by atomic mass is 10.1. The van der Waals surface area contributed by atoms with Gasteiger partial charge in [0, 0.05) is 37.3 Å². The third-order valence-corrected chi connectivity index (χ3v) is 2.58. The lowest BCUT2D eigenvalue weighted by Gasteiger charge is -2.22. The molecule has 1 aromatic rings. The Labute approximate surface area is 95.0 Å². The molecule has 1 atom stereocenters.